The zero-order valence-corrected chi connectivity index (χ0v) is 9.31. The maximum absolute atomic E-state index is 11.4. The smallest absolute Gasteiger partial charge is 0.386 e. The number of benzene rings is 1. The van der Waals surface area contributed by atoms with Crippen molar-refractivity contribution in [2.45, 2.75) is 13.0 Å². The van der Waals surface area contributed by atoms with E-state index in [0.717, 1.165) is 0 Å². The van der Waals surface area contributed by atoms with E-state index in [-0.39, 0.29) is 12.2 Å². The Morgan fingerprint density at radius 2 is 2.06 bits per heavy atom. The summed E-state index contributed by atoms with van der Waals surface area (Å²) in [6.45, 7) is 1.70. The van der Waals surface area contributed by atoms with Crippen LogP contribution in [0, 0.1) is 10.1 Å². The molecule has 1 unspecified atom stereocenters. The van der Waals surface area contributed by atoms with Crippen molar-refractivity contribution in [3.63, 3.8) is 0 Å². The standard InChI is InChI=1S/C10H10ClNO4/c1-2-16-10(13)9(12(14)15)7-3-5-8(11)6-4-7/h3-6,9H,2H2,1H3. The lowest BCUT2D eigenvalue weighted by atomic mass is 10.1. The molecular weight excluding hydrogens is 234 g/mol. The van der Waals surface area contributed by atoms with Gasteiger partial charge in [0.2, 0.25) is 0 Å². The minimum atomic E-state index is -1.49. The Kier molecular flexibility index (Phi) is 4.25. The highest BCUT2D eigenvalue weighted by Crippen LogP contribution is 2.20. The lowest BCUT2D eigenvalue weighted by Gasteiger charge is -2.08. The fourth-order valence-corrected chi connectivity index (χ4v) is 1.34. The average molecular weight is 244 g/mol. The molecule has 5 nitrogen and oxygen atoms in total. The zero-order chi connectivity index (χ0) is 12.1. The Labute approximate surface area is 97.1 Å². The summed E-state index contributed by atoms with van der Waals surface area (Å²) < 4.78 is 4.64. The highest BCUT2D eigenvalue weighted by molar-refractivity contribution is 6.30. The molecule has 0 fully saturated rings. The van der Waals surface area contributed by atoms with Gasteiger partial charge in [0, 0.05) is 15.5 Å². The highest BCUT2D eigenvalue weighted by Gasteiger charge is 2.33. The molecule has 0 aliphatic carbocycles. The first-order valence-corrected chi connectivity index (χ1v) is 4.99. The lowest BCUT2D eigenvalue weighted by Crippen LogP contribution is -2.23. The predicted octanol–water partition coefficient (Wildman–Crippen LogP) is 2.22. The van der Waals surface area contributed by atoms with Crippen molar-refractivity contribution >= 4 is 17.6 Å². The van der Waals surface area contributed by atoms with Gasteiger partial charge in [-0.25, -0.2) is 4.79 Å². The van der Waals surface area contributed by atoms with Gasteiger partial charge in [0.1, 0.15) is 0 Å². The molecule has 1 aromatic carbocycles. The summed E-state index contributed by atoms with van der Waals surface area (Å²) in [7, 11) is 0. The molecule has 0 aliphatic rings. The second-order valence-corrected chi connectivity index (χ2v) is 3.43. The van der Waals surface area contributed by atoms with E-state index >= 15 is 0 Å². The van der Waals surface area contributed by atoms with Crippen molar-refractivity contribution in [2.24, 2.45) is 0 Å². The van der Waals surface area contributed by atoms with Gasteiger partial charge >= 0.3 is 12.0 Å². The SMILES string of the molecule is CCOC(=O)C(c1ccc(Cl)cc1)[N+](=O)[O-]. The molecule has 0 radical (unpaired) electrons. The maximum Gasteiger partial charge on any atom is 0.386 e. The molecule has 0 aromatic heterocycles. The van der Waals surface area contributed by atoms with Gasteiger partial charge in [-0.05, 0) is 19.1 Å². The van der Waals surface area contributed by atoms with Gasteiger partial charge in [-0.1, -0.05) is 23.7 Å². The van der Waals surface area contributed by atoms with Gasteiger partial charge in [0.15, 0.2) is 0 Å². The average Bonchev–Trinajstić information content (AvgIpc) is 2.21. The van der Waals surface area contributed by atoms with Crippen LogP contribution in [0.25, 0.3) is 0 Å². The van der Waals surface area contributed by atoms with Crippen molar-refractivity contribution in [1.82, 2.24) is 0 Å². The Hall–Kier alpha value is -1.62. The number of nitro groups is 1. The summed E-state index contributed by atoms with van der Waals surface area (Å²) >= 11 is 5.65. The van der Waals surface area contributed by atoms with Gasteiger partial charge in [0.05, 0.1) is 6.61 Å². The topological polar surface area (TPSA) is 69.4 Å². The van der Waals surface area contributed by atoms with E-state index in [4.69, 9.17) is 11.6 Å². The summed E-state index contributed by atoms with van der Waals surface area (Å²) in [6, 6.07) is 4.37. The van der Waals surface area contributed by atoms with Gasteiger partial charge in [-0.15, -0.1) is 0 Å². The summed E-state index contributed by atoms with van der Waals surface area (Å²) in [4.78, 5) is 21.5. The molecule has 0 heterocycles. The Morgan fingerprint density at radius 3 is 2.50 bits per heavy atom. The first-order chi connectivity index (χ1) is 7.56. The third-order valence-electron chi connectivity index (χ3n) is 1.91. The minimum absolute atomic E-state index is 0.108. The molecule has 0 saturated heterocycles. The minimum Gasteiger partial charge on any atom is -0.461 e. The molecule has 0 N–H and O–H groups in total. The molecule has 0 saturated carbocycles. The van der Waals surface area contributed by atoms with Crippen LogP contribution < -0.4 is 0 Å². The fourth-order valence-electron chi connectivity index (χ4n) is 1.21. The first kappa shape index (κ1) is 12.4. The fraction of sp³-hybridized carbons (Fsp3) is 0.300. The number of hydrogen-bond acceptors (Lipinski definition) is 4. The number of hydrogen-bond donors (Lipinski definition) is 0. The van der Waals surface area contributed by atoms with Crippen LogP contribution in [0.5, 0.6) is 0 Å². The van der Waals surface area contributed by atoms with E-state index in [1.165, 1.54) is 24.3 Å². The predicted molar refractivity (Wildman–Crippen MR) is 57.8 cm³/mol. The van der Waals surface area contributed by atoms with E-state index in [1.807, 2.05) is 0 Å². The number of nitrogens with zero attached hydrogens (tertiary/aromatic N) is 1. The number of carbonyl (C=O) groups excluding carboxylic acids is 1. The van der Waals surface area contributed by atoms with Crippen LogP contribution >= 0.6 is 11.6 Å². The van der Waals surface area contributed by atoms with E-state index in [9.17, 15) is 14.9 Å². The van der Waals surface area contributed by atoms with Gasteiger partial charge in [-0.3, -0.25) is 10.1 Å². The number of esters is 1. The molecule has 86 valence electrons. The maximum atomic E-state index is 11.4. The van der Waals surface area contributed by atoms with Gasteiger partial charge in [-0.2, -0.15) is 0 Å². The zero-order valence-electron chi connectivity index (χ0n) is 8.55. The molecule has 1 atom stereocenters. The summed E-state index contributed by atoms with van der Waals surface area (Å²) in [5, 5.41) is 11.2. The van der Waals surface area contributed by atoms with Crippen LogP contribution in [0.1, 0.15) is 18.5 Å². The third-order valence-corrected chi connectivity index (χ3v) is 2.16. The Bertz CT molecular complexity index is 390. The number of carbonyl (C=O) groups is 1. The largest absolute Gasteiger partial charge is 0.461 e. The van der Waals surface area contributed by atoms with E-state index in [0.29, 0.717) is 5.02 Å². The summed E-state index contributed by atoms with van der Waals surface area (Å²) in [5.41, 5.74) is 0.257. The molecule has 1 aromatic rings. The second kappa shape index (κ2) is 5.46. The second-order valence-electron chi connectivity index (χ2n) is 2.99. The van der Waals surface area contributed by atoms with Crippen LogP contribution in [0.4, 0.5) is 0 Å². The highest BCUT2D eigenvalue weighted by atomic mass is 35.5. The van der Waals surface area contributed by atoms with Crippen LogP contribution in [0.2, 0.25) is 5.02 Å². The van der Waals surface area contributed by atoms with Crippen molar-refractivity contribution in [1.29, 1.82) is 0 Å². The van der Waals surface area contributed by atoms with Crippen LogP contribution in [0.15, 0.2) is 24.3 Å². The number of halogens is 1. The molecule has 0 amide bonds. The molecule has 0 bridgehead atoms. The van der Waals surface area contributed by atoms with E-state index in [2.05, 4.69) is 4.74 Å². The molecule has 0 spiro atoms. The number of rotatable bonds is 4. The summed E-state index contributed by atoms with van der Waals surface area (Å²) in [6.07, 6.45) is 0. The van der Waals surface area contributed by atoms with Crippen LogP contribution in [-0.4, -0.2) is 17.5 Å². The molecule has 0 aliphatic heterocycles. The molecule has 1 rings (SSSR count). The normalized spacial score (nSPS) is 11.9. The Morgan fingerprint density at radius 1 is 1.50 bits per heavy atom. The van der Waals surface area contributed by atoms with Crippen molar-refractivity contribution in [3.05, 3.63) is 45.0 Å². The first-order valence-electron chi connectivity index (χ1n) is 4.62. The van der Waals surface area contributed by atoms with E-state index < -0.39 is 16.9 Å². The monoisotopic (exact) mass is 243 g/mol. The van der Waals surface area contributed by atoms with Crippen molar-refractivity contribution in [2.75, 3.05) is 6.61 Å². The lowest BCUT2D eigenvalue weighted by molar-refractivity contribution is -0.516. The van der Waals surface area contributed by atoms with Gasteiger partial charge < -0.3 is 4.74 Å². The van der Waals surface area contributed by atoms with Crippen molar-refractivity contribution < 1.29 is 14.5 Å². The summed E-state index contributed by atoms with van der Waals surface area (Å²) in [5.74, 6) is -0.866. The molecule has 16 heavy (non-hydrogen) atoms. The van der Waals surface area contributed by atoms with Gasteiger partial charge in [0.25, 0.3) is 0 Å². The Balaban J connectivity index is 2.98. The molecule has 6 heteroatoms. The third kappa shape index (κ3) is 2.93. The molecular formula is C10H10ClNO4. The van der Waals surface area contributed by atoms with Crippen molar-refractivity contribution in [3.8, 4) is 0 Å². The van der Waals surface area contributed by atoms with Crippen LogP contribution in [0.3, 0.4) is 0 Å². The van der Waals surface area contributed by atoms with E-state index in [1.54, 1.807) is 6.92 Å². The number of ether oxygens (including phenoxy) is 1. The quantitative estimate of drug-likeness (QED) is 0.462. The van der Waals surface area contributed by atoms with Crippen LogP contribution in [-0.2, 0) is 9.53 Å².